The number of halogens is 1. The van der Waals surface area contributed by atoms with E-state index in [1.807, 2.05) is 6.92 Å². The molecule has 94 valence electrons. The molecule has 0 aliphatic heterocycles. The Morgan fingerprint density at radius 1 is 1.65 bits per heavy atom. The number of carbonyl (C=O) groups is 1. The molecule has 0 aromatic carbocycles. The molecule has 0 spiro atoms. The Balaban J connectivity index is 2.86. The highest BCUT2D eigenvalue weighted by Gasteiger charge is 2.21. The molecule has 17 heavy (non-hydrogen) atoms. The number of hydrogen-bond acceptors (Lipinski definition) is 3. The lowest BCUT2D eigenvalue weighted by Gasteiger charge is -2.12. The molecule has 0 saturated carbocycles. The Bertz CT molecular complexity index is 426. The molecule has 0 bridgehead atoms. The molecule has 1 aromatic heterocycles. The molecule has 7 heteroatoms. The van der Waals surface area contributed by atoms with Crippen molar-refractivity contribution in [1.29, 1.82) is 0 Å². The molecular formula is C10H14BrN3O3. The molecule has 1 rings (SSSR count). The maximum absolute atomic E-state index is 11.9. The topological polar surface area (TPSA) is 77.2 Å². The van der Waals surface area contributed by atoms with Crippen LogP contribution in [0.2, 0.25) is 0 Å². The fourth-order valence-corrected chi connectivity index (χ4v) is 2.04. The van der Waals surface area contributed by atoms with Crippen LogP contribution in [0.15, 0.2) is 12.1 Å². The van der Waals surface area contributed by atoms with E-state index in [2.05, 4.69) is 21.2 Å². The van der Waals surface area contributed by atoms with Crippen molar-refractivity contribution in [2.45, 2.75) is 19.4 Å². The van der Waals surface area contributed by atoms with Crippen LogP contribution in [0.4, 0.5) is 5.82 Å². The standard InChI is InChI=1S/C10H14BrN3O3/c1-3-7(6-11)12-10(15)8-4-5-9(13(8)2)14(16)17/h4-5,7H,3,6H2,1-2H3,(H,12,15). The average molecular weight is 304 g/mol. The van der Waals surface area contributed by atoms with Gasteiger partial charge in [0.05, 0.1) is 7.05 Å². The van der Waals surface area contributed by atoms with Gasteiger partial charge in [-0.3, -0.25) is 4.79 Å². The monoisotopic (exact) mass is 303 g/mol. The third-order valence-corrected chi connectivity index (χ3v) is 3.31. The van der Waals surface area contributed by atoms with Gasteiger partial charge in [0.2, 0.25) is 0 Å². The lowest BCUT2D eigenvalue weighted by molar-refractivity contribution is -0.391. The molecule has 6 nitrogen and oxygen atoms in total. The van der Waals surface area contributed by atoms with Gasteiger partial charge in [0.15, 0.2) is 5.69 Å². The SMILES string of the molecule is CCC(CBr)NC(=O)c1ccc([N+](=O)[O-])n1C. The second-order valence-electron chi connectivity index (χ2n) is 3.63. The quantitative estimate of drug-likeness (QED) is 0.512. The van der Waals surface area contributed by atoms with Gasteiger partial charge in [0.25, 0.3) is 5.91 Å². The van der Waals surface area contributed by atoms with Crippen molar-refractivity contribution in [2.75, 3.05) is 5.33 Å². The molecule has 1 heterocycles. The second-order valence-corrected chi connectivity index (χ2v) is 4.27. The number of amides is 1. The predicted molar refractivity (Wildman–Crippen MR) is 67.4 cm³/mol. The Hall–Kier alpha value is -1.37. The molecule has 0 aliphatic rings. The van der Waals surface area contributed by atoms with Crippen LogP contribution >= 0.6 is 15.9 Å². The number of nitro groups is 1. The van der Waals surface area contributed by atoms with Gasteiger partial charge in [0, 0.05) is 17.4 Å². The number of nitrogens with zero attached hydrogens (tertiary/aromatic N) is 2. The summed E-state index contributed by atoms with van der Waals surface area (Å²) in [5.41, 5.74) is 0.288. The third-order valence-electron chi connectivity index (χ3n) is 2.53. The third kappa shape index (κ3) is 3.06. The summed E-state index contributed by atoms with van der Waals surface area (Å²) in [4.78, 5) is 22.0. The van der Waals surface area contributed by atoms with Gasteiger partial charge in [-0.15, -0.1) is 0 Å². The van der Waals surface area contributed by atoms with Crippen molar-refractivity contribution in [3.63, 3.8) is 0 Å². The Kier molecular flexibility index (Phi) is 4.68. The zero-order valence-corrected chi connectivity index (χ0v) is 11.2. The van der Waals surface area contributed by atoms with Crippen LogP contribution < -0.4 is 5.32 Å². The van der Waals surface area contributed by atoms with Crippen molar-refractivity contribution in [2.24, 2.45) is 7.05 Å². The molecule has 1 atom stereocenters. The highest BCUT2D eigenvalue weighted by molar-refractivity contribution is 9.09. The number of alkyl halides is 1. The fourth-order valence-electron chi connectivity index (χ4n) is 1.42. The van der Waals surface area contributed by atoms with E-state index in [1.165, 1.54) is 23.7 Å². The van der Waals surface area contributed by atoms with E-state index in [0.717, 1.165) is 6.42 Å². The number of nitrogens with one attached hydrogen (secondary N) is 1. The number of hydrogen-bond donors (Lipinski definition) is 1. The minimum Gasteiger partial charge on any atom is -0.358 e. The lowest BCUT2D eigenvalue weighted by Crippen LogP contribution is -2.36. The van der Waals surface area contributed by atoms with Crippen LogP contribution in [-0.4, -0.2) is 26.8 Å². The van der Waals surface area contributed by atoms with Crippen LogP contribution in [0, 0.1) is 10.1 Å². The second kappa shape index (κ2) is 5.81. The molecule has 1 unspecified atom stereocenters. The largest absolute Gasteiger partial charge is 0.358 e. The summed E-state index contributed by atoms with van der Waals surface area (Å²) in [7, 11) is 1.50. The van der Waals surface area contributed by atoms with E-state index in [1.54, 1.807) is 0 Å². The molecule has 0 fully saturated rings. The first-order chi connectivity index (χ1) is 8.01. The number of carbonyl (C=O) groups excluding carboxylic acids is 1. The van der Waals surface area contributed by atoms with Gasteiger partial charge in [-0.05, 0) is 17.4 Å². The predicted octanol–water partition coefficient (Wildman–Crippen LogP) is 1.84. The molecule has 0 radical (unpaired) electrons. The molecule has 1 aromatic rings. The van der Waals surface area contributed by atoms with Gasteiger partial charge in [-0.1, -0.05) is 22.9 Å². The van der Waals surface area contributed by atoms with E-state index in [-0.39, 0.29) is 23.5 Å². The number of rotatable bonds is 5. The Labute approximate surface area is 107 Å². The summed E-state index contributed by atoms with van der Waals surface area (Å²) in [5, 5.41) is 14.1. The zero-order chi connectivity index (χ0) is 13.0. The normalized spacial score (nSPS) is 12.2. The summed E-state index contributed by atoms with van der Waals surface area (Å²) < 4.78 is 1.27. The Morgan fingerprint density at radius 2 is 2.29 bits per heavy atom. The van der Waals surface area contributed by atoms with Crippen molar-refractivity contribution in [3.05, 3.63) is 27.9 Å². The van der Waals surface area contributed by atoms with E-state index >= 15 is 0 Å². The summed E-state index contributed by atoms with van der Waals surface area (Å²) in [6, 6.07) is 2.80. The summed E-state index contributed by atoms with van der Waals surface area (Å²) in [6.45, 7) is 1.96. The average Bonchev–Trinajstić information content (AvgIpc) is 2.67. The molecule has 0 saturated heterocycles. The van der Waals surface area contributed by atoms with Gasteiger partial charge in [0.1, 0.15) is 0 Å². The molecule has 0 aliphatic carbocycles. The fraction of sp³-hybridized carbons (Fsp3) is 0.500. The van der Waals surface area contributed by atoms with Crippen molar-refractivity contribution in [1.82, 2.24) is 9.88 Å². The first-order valence-electron chi connectivity index (χ1n) is 5.18. The van der Waals surface area contributed by atoms with Gasteiger partial charge >= 0.3 is 5.82 Å². The van der Waals surface area contributed by atoms with E-state index < -0.39 is 4.92 Å². The maximum atomic E-state index is 11.9. The molecule has 1 N–H and O–H groups in total. The number of aromatic nitrogens is 1. The van der Waals surface area contributed by atoms with Crippen LogP contribution in [-0.2, 0) is 7.05 Å². The first-order valence-corrected chi connectivity index (χ1v) is 6.30. The van der Waals surface area contributed by atoms with Crippen LogP contribution in [0.3, 0.4) is 0 Å². The molecule has 1 amide bonds. The summed E-state index contributed by atoms with van der Waals surface area (Å²) >= 11 is 3.29. The van der Waals surface area contributed by atoms with Gasteiger partial charge < -0.3 is 15.4 Å². The van der Waals surface area contributed by atoms with Gasteiger partial charge in [-0.2, -0.15) is 0 Å². The van der Waals surface area contributed by atoms with E-state index in [9.17, 15) is 14.9 Å². The van der Waals surface area contributed by atoms with Crippen molar-refractivity contribution >= 4 is 27.7 Å². The van der Waals surface area contributed by atoms with E-state index in [0.29, 0.717) is 5.33 Å². The Morgan fingerprint density at radius 3 is 2.71 bits per heavy atom. The summed E-state index contributed by atoms with van der Waals surface area (Å²) in [6.07, 6.45) is 0.795. The first kappa shape index (κ1) is 13.7. The van der Waals surface area contributed by atoms with E-state index in [4.69, 9.17) is 0 Å². The smallest absolute Gasteiger partial charge is 0.323 e. The van der Waals surface area contributed by atoms with Crippen molar-refractivity contribution < 1.29 is 9.72 Å². The zero-order valence-electron chi connectivity index (χ0n) is 9.64. The lowest BCUT2D eigenvalue weighted by atomic mass is 10.2. The van der Waals surface area contributed by atoms with Crippen LogP contribution in [0.1, 0.15) is 23.8 Å². The molecular weight excluding hydrogens is 290 g/mol. The highest BCUT2D eigenvalue weighted by atomic mass is 79.9. The highest BCUT2D eigenvalue weighted by Crippen LogP contribution is 2.15. The summed E-state index contributed by atoms with van der Waals surface area (Å²) in [5.74, 6) is -0.394. The minimum atomic E-state index is -0.515. The maximum Gasteiger partial charge on any atom is 0.323 e. The van der Waals surface area contributed by atoms with Crippen LogP contribution in [0.5, 0.6) is 0 Å². The van der Waals surface area contributed by atoms with Crippen LogP contribution in [0.25, 0.3) is 0 Å². The minimum absolute atomic E-state index is 0.0245. The van der Waals surface area contributed by atoms with Crippen molar-refractivity contribution in [3.8, 4) is 0 Å². The van der Waals surface area contributed by atoms with Gasteiger partial charge in [-0.25, -0.2) is 4.57 Å².